The van der Waals surface area contributed by atoms with E-state index in [-0.39, 0.29) is 5.91 Å². The molecule has 1 unspecified atom stereocenters. The zero-order valence-corrected chi connectivity index (χ0v) is 10.6. The number of rotatable bonds is 5. The van der Waals surface area contributed by atoms with Crippen molar-refractivity contribution < 1.29 is 19.0 Å². The molecule has 1 heterocycles. The summed E-state index contributed by atoms with van der Waals surface area (Å²) in [6, 6.07) is 7.23. The van der Waals surface area contributed by atoms with Gasteiger partial charge in [-0.3, -0.25) is 4.79 Å². The van der Waals surface area contributed by atoms with Crippen LogP contribution < -0.4 is 15.8 Å². The maximum atomic E-state index is 11.7. The molecular weight excluding hydrogens is 248 g/mol. The molecule has 1 aromatic rings. The van der Waals surface area contributed by atoms with Crippen molar-refractivity contribution in [1.29, 1.82) is 0 Å². The van der Waals surface area contributed by atoms with Crippen LogP contribution >= 0.6 is 0 Å². The van der Waals surface area contributed by atoms with Crippen LogP contribution in [0.3, 0.4) is 0 Å². The van der Waals surface area contributed by atoms with Crippen molar-refractivity contribution in [1.82, 2.24) is 5.32 Å². The van der Waals surface area contributed by atoms with E-state index in [1.165, 1.54) is 0 Å². The molecule has 0 spiro atoms. The summed E-state index contributed by atoms with van der Waals surface area (Å²) >= 11 is 0. The number of hydrogen-bond acceptors (Lipinski definition) is 5. The van der Waals surface area contributed by atoms with Crippen molar-refractivity contribution in [2.75, 3.05) is 38.7 Å². The van der Waals surface area contributed by atoms with E-state index < -0.39 is 6.10 Å². The van der Waals surface area contributed by atoms with Crippen LogP contribution in [-0.2, 0) is 14.3 Å². The minimum atomic E-state index is -0.518. The molecule has 0 bridgehead atoms. The maximum Gasteiger partial charge on any atom is 0.251 e. The summed E-state index contributed by atoms with van der Waals surface area (Å²) in [7, 11) is 0. The first-order chi connectivity index (χ1) is 9.27. The third-order valence-electron chi connectivity index (χ3n) is 2.69. The average Bonchev–Trinajstić information content (AvgIpc) is 2.46. The van der Waals surface area contributed by atoms with Crippen LogP contribution in [0.25, 0.3) is 0 Å². The predicted molar refractivity (Wildman–Crippen MR) is 69.9 cm³/mol. The average molecular weight is 266 g/mol. The molecule has 1 aliphatic rings. The molecule has 0 aromatic heterocycles. The number of para-hydroxylation sites is 2. The standard InChI is InChI=1S/C13H18N2O4/c14-10-3-1-2-4-11(10)18-6-5-15-13(16)12-9-17-7-8-19-12/h1-4,12H,5-9,14H2,(H,15,16). The largest absolute Gasteiger partial charge is 0.490 e. The Morgan fingerprint density at radius 2 is 2.26 bits per heavy atom. The number of carbonyl (C=O) groups is 1. The molecule has 0 aliphatic carbocycles. The van der Waals surface area contributed by atoms with E-state index >= 15 is 0 Å². The van der Waals surface area contributed by atoms with E-state index in [4.69, 9.17) is 19.9 Å². The molecule has 1 atom stereocenters. The van der Waals surface area contributed by atoms with Gasteiger partial charge in [-0.15, -0.1) is 0 Å². The fraction of sp³-hybridized carbons (Fsp3) is 0.462. The van der Waals surface area contributed by atoms with E-state index in [0.717, 1.165) is 0 Å². The third-order valence-corrected chi connectivity index (χ3v) is 2.69. The van der Waals surface area contributed by atoms with E-state index in [0.29, 0.717) is 44.4 Å². The lowest BCUT2D eigenvalue weighted by atomic mass is 10.3. The number of carbonyl (C=O) groups excluding carboxylic acids is 1. The van der Waals surface area contributed by atoms with Crippen molar-refractivity contribution in [3.05, 3.63) is 24.3 Å². The number of nitrogens with one attached hydrogen (secondary N) is 1. The highest BCUT2D eigenvalue weighted by Gasteiger charge is 2.21. The molecule has 104 valence electrons. The minimum Gasteiger partial charge on any atom is -0.490 e. The summed E-state index contributed by atoms with van der Waals surface area (Å²) in [6.45, 7) is 2.05. The van der Waals surface area contributed by atoms with Crippen LogP contribution in [0, 0.1) is 0 Å². The Hall–Kier alpha value is -1.79. The van der Waals surface area contributed by atoms with Crippen LogP contribution in [0.2, 0.25) is 0 Å². The lowest BCUT2D eigenvalue weighted by Crippen LogP contribution is -2.43. The van der Waals surface area contributed by atoms with Gasteiger partial charge in [0.1, 0.15) is 12.4 Å². The number of hydrogen-bond donors (Lipinski definition) is 2. The summed E-state index contributed by atoms with van der Waals surface area (Å²) in [5.74, 6) is 0.443. The third kappa shape index (κ3) is 4.11. The molecule has 0 saturated carbocycles. The van der Waals surface area contributed by atoms with Crippen molar-refractivity contribution in [3.8, 4) is 5.75 Å². The first kappa shape index (κ1) is 13.6. The molecule has 2 rings (SSSR count). The Bertz CT molecular complexity index is 419. The number of nitrogens with two attached hydrogens (primary N) is 1. The van der Waals surface area contributed by atoms with Gasteiger partial charge in [0.25, 0.3) is 5.91 Å². The van der Waals surface area contributed by atoms with Crippen molar-refractivity contribution in [2.24, 2.45) is 0 Å². The molecule has 1 aliphatic heterocycles. The van der Waals surface area contributed by atoms with Crippen molar-refractivity contribution in [2.45, 2.75) is 6.10 Å². The second-order valence-electron chi connectivity index (χ2n) is 4.11. The quantitative estimate of drug-likeness (QED) is 0.587. The first-order valence-electron chi connectivity index (χ1n) is 6.22. The van der Waals surface area contributed by atoms with Gasteiger partial charge in [0.05, 0.1) is 32.1 Å². The van der Waals surface area contributed by atoms with Gasteiger partial charge >= 0.3 is 0 Å². The zero-order valence-electron chi connectivity index (χ0n) is 10.6. The number of nitrogen functional groups attached to an aromatic ring is 1. The zero-order chi connectivity index (χ0) is 13.5. The Kier molecular flexibility index (Phi) is 5.00. The Labute approximate surface area is 111 Å². The van der Waals surface area contributed by atoms with Gasteiger partial charge in [-0.25, -0.2) is 0 Å². The molecule has 1 amide bonds. The van der Waals surface area contributed by atoms with Crippen LogP contribution in [0.5, 0.6) is 5.75 Å². The fourth-order valence-corrected chi connectivity index (χ4v) is 1.70. The molecule has 19 heavy (non-hydrogen) atoms. The van der Waals surface area contributed by atoms with Crippen molar-refractivity contribution >= 4 is 11.6 Å². The van der Waals surface area contributed by atoms with E-state index in [2.05, 4.69) is 5.32 Å². The van der Waals surface area contributed by atoms with Gasteiger partial charge in [-0.2, -0.15) is 0 Å². The number of benzene rings is 1. The second kappa shape index (κ2) is 6.96. The number of amides is 1. The van der Waals surface area contributed by atoms with Gasteiger partial charge in [0.15, 0.2) is 6.10 Å². The predicted octanol–water partition coefficient (Wildman–Crippen LogP) is 0.179. The van der Waals surface area contributed by atoms with Gasteiger partial charge < -0.3 is 25.3 Å². The lowest BCUT2D eigenvalue weighted by Gasteiger charge is -2.22. The molecule has 3 N–H and O–H groups in total. The first-order valence-corrected chi connectivity index (χ1v) is 6.22. The topological polar surface area (TPSA) is 82.8 Å². The summed E-state index contributed by atoms with van der Waals surface area (Å²) in [6.07, 6.45) is -0.518. The van der Waals surface area contributed by atoms with E-state index in [1.807, 2.05) is 12.1 Å². The van der Waals surface area contributed by atoms with E-state index in [9.17, 15) is 4.79 Å². The molecular formula is C13H18N2O4. The second-order valence-corrected chi connectivity index (χ2v) is 4.11. The molecule has 6 nitrogen and oxygen atoms in total. The van der Waals surface area contributed by atoms with Gasteiger partial charge in [0, 0.05) is 0 Å². The number of ether oxygens (including phenoxy) is 3. The van der Waals surface area contributed by atoms with Crippen LogP contribution in [0.1, 0.15) is 0 Å². The smallest absolute Gasteiger partial charge is 0.251 e. The number of anilines is 1. The van der Waals surface area contributed by atoms with Gasteiger partial charge in [-0.05, 0) is 12.1 Å². The molecule has 6 heteroatoms. The molecule has 1 saturated heterocycles. The van der Waals surface area contributed by atoms with Crippen LogP contribution in [0.4, 0.5) is 5.69 Å². The highest BCUT2D eigenvalue weighted by Crippen LogP contribution is 2.19. The Morgan fingerprint density at radius 3 is 3.00 bits per heavy atom. The minimum absolute atomic E-state index is 0.177. The summed E-state index contributed by atoms with van der Waals surface area (Å²) in [4.78, 5) is 11.7. The lowest BCUT2D eigenvalue weighted by molar-refractivity contribution is -0.147. The van der Waals surface area contributed by atoms with E-state index in [1.54, 1.807) is 12.1 Å². The summed E-state index contributed by atoms with van der Waals surface area (Å²) < 4.78 is 15.9. The normalized spacial score (nSPS) is 18.8. The Balaban J connectivity index is 1.66. The SMILES string of the molecule is Nc1ccccc1OCCNC(=O)C1COCCO1. The summed E-state index contributed by atoms with van der Waals surface area (Å²) in [5, 5.41) is 2.73. The molecule has 1 fully saturated rings. The Morgan fingerprint density at radius 1 is 1.42 bits per heavy atom. The van der Waals surface area contributed by atoms with Crippen molar-refractivity contribution in [3.63, 3.8) is 0 Å². The van der Waals surface area contributed by atoms with Crippen LogP contribution in [0.15, 0.2) is 24.3 Å². The maximum absolute atomic E-state index is 11.7. The van der Waals surface area contributed by atoms with Crippen LogP contribution in [-0.4, -0.2) is 45.0 Å². The van der Waals surface area contributed by atoms with Gasteiger partial charge in [-0.1, -0.05) is 12.1 Å². The monoisotopic (exact) mass is 266 g/mol. The molecule has 1 aromatic carbocycles. The van der Waals surface area contributed by atoms with Gasteiger partial charge in [0.2, 0.25) is 0 Å². The highest BCUT2D eigenvalue weighted by atomic mass is 16.6. The summed E-state index contributed by atoms with van der Waals surface area (Å²) in [5.41, 5.74) is 6.31. The molecule has 0 radical (unpaired) electrons. The fourth-order valence-electron chi connectivity index (χ4n) is 1.70. The highest BCUT2D eigenvalue weighted by molar-refractivity contribution is 5.80.